The van der Waals surface area contributed by atoms with Crippen molar-refractivity contribution in [2.24, 2.45) is 0 Å². The number of carbonyl (C=O) groups is 1. The molecule has 1 aromatic carbocycles. The zero-order chi connectivity index (χ0) is 10.2. The van der Waals surface area contributed by atoms with Crippen LogP contribution < -0.4 is 10.0 Å². The average molecular weight is 226 g/mol. The van der Waals surface area contributed by atoms with Crippen LogP contribution in [-0.4, -0.2) is 18.7 Å². The smallest absolute Gasteiger partial charge is 0.235 e. The normalized spacial score (nSPS) is 9.13. The molecule has 1 aromatic rings. The Kier molecular flexibility index (Phi) is 7.77. The van der Waals surface area contributed by atoms with Crippen LogP contribution in [0.25, 0.3) is 0 Å². The van der Waals surface area contributed by atoms with Crippen LogP contribution in [0.3, 0.4) is 0 Å². The van der Waals surface area contributed by atoms with Crippen molar-refractivity contribution in [1.29, 1.82) is 0 Å². The lowest BCUT2D eigenvalue weighted by Gasteiger charge is -2.04. The standard InChI is InChI=1S/C10H14N2OS.CH4/c1-14-12-8-10(13)11-7-9-5-3-2-4-6-9;/h2-6,12H,7-8H2,1H3,(H,11,13);1H4. The number of hydrogen-bond acceptors (Lipinski definition) is 3. The molecule has 0 radical (unpaired) electrons. The number of amides is 1. The molecule has 1 rings (SSSR count). The SMILES string of the molecule is C.CSNCC(=O)NCc1ccccc1. The van der Waals surface area contributed by atoms with E-state index in [2.05, 4.69) is 10.0 Å². The Morgan fingerprint density at radius 3 is 2.60 bits per heavy atom. The average Bonchev–Trinajstić information content (AvgIpc) is 2.25. The first-order valence-electron chi connectivity index (χ1n) is 4.39. The largest absolute Gasteiger partial charge is 0.351 e. The first-order valence-corrected chi connectivity index (χ1v) is 5.62. The second-order valence-electron chi connectivity index (χ2n) is 2.79. The molecule has 2 N–H and O–H groups in total. The summed E-state index contributed by atoms with van der Waals surface area (Å²) in [7, 11) is 0. The highest BCUT2D eigenvalue weighted by Crippen LogP contribution is 1.96. The molecule has 0 aliphatic rings. The molecule has 4 heteroatoms. The van der Waals surface area contributed by atoms with E-state index in [0.29, 0.717) is 13.1 Å². The number of rotatable bonds is 5. The molecule has 0 saturated heterocycles. The van der Waals surface area contributed by atoms with E-state index in [-0.39, 0.29) is 13.3 Å². The summed E-state index contributed by atoms with van der Waals surface area (Å²) in [6.07, 6.45) is 1.89. The summed E-state index contributed by atoms with van der Waals surface area (Å²) in [6, 6.07) is 9.86. The molecule has 1 amide bonds. The quantitative estimate of drug-likeness (QED) is 0.752. The summed E-state index contributed by atoms with van der Waals surface area (Å²) in [5.74, 6) is 0.0169. The van der Waals surface area contributed by atoms with E-state index in [4.69, 9.17) is 0 Å². The third-order valence-electron chi connectivity index (χ3n) is 1.71. The lowest BCUT2D eigenvalue weighted by molar-refractivity contribution is -0.120. The van der Waals surface area contributed by atoms with Gasteiger partial charge in [0.1, 0.15) is 0 Å². The maximum absolute atomic E-state index is 11.2. The fourth-order valence-corrected chi connectivity index (χ4v) is 1.27. The van der Waals surface area contributed by atoms with Crippen LogP contribution in [0.1, 0.15) is 13.0 Å². The molecule has 15 heavy (non-hydrogen) atoms. The summed E-state index contributed by atoms with van der Waals surface area (Å²) in [4.78, 5) is 11.2. The molecule has 0 aliphatic heterocycles. The van der Waals surface area contributed by atoms with Gasteiger partial charge in [-0.3, -0.25) is 9.52 Å². The van der Waals surface area contributed by atoms with E-state index < -0.39 is 0 Å². The molecule has 0 saturated carbocycles. The summed E-state index contributed by atoms with van der Waals surface area (Å²) < 4.78 is 2.89. The van der Waals surface area contributed by atoms with Crippen molar-refractivity contribution in [1.82, 2.24) is 10.0 Å². The lowest BCUT2D eigenvalue weighted by atomic mass is 10.2. The van der Waals surface area contributed by atoms with Crippen molar-refractivity contribution in [2.75, 3.05) is 12.8 Å². The lowest BCUT2D eigenvalue weighted by Crippen LogP contribution is -2.30. The molecule has 0 aliphatic carbocycles. The minimum atomic E-state index is 0. The first kappa shape index (κ1) is 14.0. The summed E-state index contributed by atoms with van der Waals surface area (Å²) in [6.45, 7) is 0.948. The second kappa shape index (κ2) is 8.32. The number of hydrogen-bond donors (Lipinski definition) is 2. The molecule has 0 spiro atoms. The Balaban J connectivity index is 0.00000196. The monoisotopic (exact) mass is 226 g/mol. The summed E-state index contributed by atoms with van der Waals surface area (Å²) in [5, 5.41) is 2.82. The number of benzene rings is 1. The van der Waals surface area contributed by atoms with E-state index in [1.165, 1.54) is 11.9 Å². The second-order valence-corrected chi connectivity index (χ2v) is 3.48. The van der Waals surface area contributed by atoms with Crippen LogP contribution in [0.5, 0.6) is 0 Å². The van der Waals surface area contributed by atoms with Gasteiger partial charge in [-0.2, -0.15) is 0 Å². The van der Waals surface area contributed by atoms with E-state index in [0.717, 1.165) is 5.56 Å². The van der Waals surface area contributed by atoms with E-state index in [9.17, 15) is 4.79 Å². The highest BCUT2D eigenvalue weighted by atomic mass is 32.2. The van der Waals surface area contributed by atoms with Crippen LogP contribution in [0.2, 0.25) is 0 Å². The zero-order valence-corrected chi connectivity index (χ0v) is 8.93. The molecule has 3 nitrogen and oxygen atoms in total. The van der Waals surface area contributed by atoms with Gasteiger partial charge in [0.25, 0.3) is 0 Å². The van der Waals surface area contributed by atoms with Crippen molar-refractivity contribution >= 4 is 17.9 Å². The summed E-state index contributed by atoms with van der Waals surface area (Å²) >= 11 is 1.44. The van der Waals surface area contributed by atoms with Gasteiger partial charge >= 0.3 is 0 Å². The van der Waals surface area contributed by atoms with Crippen molar-refractivity contribution in [2.45, 2.75) is 14.0 Å². The maximum atomic E-state index is 11.2. The Morgan fingerprint density at radius 1 is 1.33 bits per heavy atom. The van der Waals surface area contributed by atoms with E-state index >= 15 is 0 Å². The molecule has 0 bridgehead atoms. The highest BCUT2D eigenvalue weighted by molar-refractivity contribution is 7.96. The van der Waals surface area contributed by atoms with Crippen LogP contribution in [-0.2, 0) is 11.3 Å². The Morgan fingerprint density at radius 2 is 2.00 bits per heavy atom. The van der Waals surface area contributed by atoms with Gasteiger partial charge in [0, 0.05) is 6.54 Å². The Bertz CT molecular complexity index is 277. The highest BCUT2D eigenvalue weighted by Gasteiger charge is 1.98. The van der Waals surface area contributed by atoms with Gasteiger partial charge in [-0.15, -0.1) is 0 Å². The molecular weight excluding hydrogens is 208 g/mol. The van der Waals surface area contributed by atoms with E-state index in [1.807, 2.05) is 36.6 Å². The molecule has 0 aromatic heterocycles. The van der Waals surface area contributed by atoms with Crippen molar-refractivity contribution in [3.05, 3.63) is 35.9 Å². The first-order chi connectivity index (χ1) is 6.83. The van der Waals surface area contributed by atoms with Gasteiger partial charge in [0.15, 0.2) is 0 Å². The van der Waals surface area contributed by atoms with Crippen LogP contribution >= 0.6 is 11.9 Å². The van der Waals surface area contributed by atoms with Crippen LogP contribution in [0.4, 0.5) is 0 Å². The van der Waals surface area contributed by atoms with Crippen LogP contribution in [0.15, 0.2) is 30.3 Å². The third kappa shape index (κ3) is 6.14. The van der Waals surface area contributed by atoms with Gasteiger partial charge < -0.3 is 5.32 Å². The predicted octanol–water partition coefficient (Wildman–Crippen LogP) is 1.81. The third-order valence-corrected chi connectivity index (χ3v) is 2.14. The molecule has 0 heterocycles. The molecular formula is C11H18N2OS. The van der Waals surface area contributed by atoms with Gasteiger partial charge in [-0.1, -0.05) is 49.7 Å². The van der Waals surface area contributed by atoms with Crippen molar-refractivity contribution < 1.29 is 4.79 Å². The minimum absolute atomic E-state index is 0. The summed E-state index contributed by atoms with van der Waals surface area (Å²) in [5.41, 5.74) is 1.12. The van der Waals surface area contributed by atoms with Crippen molar-refractivity contribution in [3.63, 3.8) is 0 Å². The minimum Gasteiger partial charge on any atom is -0.351 e. The van der Waals surface area contributed by atoms with Gasteiger partial charge in [-0.25, -0.2) is 0 Å². The zero-order valence-electron chi connectivity index (χ0n) is 8.12. The Labute approximate surface area is 95.8 Å². The fourth-order valence-electron chi connectivity index (χ4n) is 0.997. The fraction of sp³-hybridized carbons (Fsp3) is 0.364. The molecule has 84 valence electrons. The number of carbonyl (C=O) groups excluding carboxylic acids is 1. The van der Waals surface area contributed by atoms with E-state index in [1.54, 1.807) is 0 Å². The Hall–Kier alpha value is -1.00. The van der Waals surface area contributed by atoms with Gasteiger partial charge in [0.2, 0.25) is 5.91 Å². The topological polar surface area (TPSA) is 41.1 Å². The predicted molar refractivity (Wildman–Crippen MR) is 66.5 cm³/mol. The molecule has 0 fully saturated rings. The number of nitrogens with one attached hydrogen (secondary N) is 2. The maximum Gasteiger partial charge on any atom is 0.235 e. The molecule has 0 unspecified atom stereocenters. The van der Waals surface area contributed by atoms with Gasteiger partial charge in [0.05, 0.1) is 6.54 Å². The van der Waals surface area contributed by atoms with Gasteiger partial charge in [-0.05, 0) is 11.8 Å². The van der Waals surface area contributed by atoms with Crippen LogP contribution in [0, 0.1) is 0 Å². The molecule has 0 atom stereocenters. The van der Waals surface area contributed by atoms with Crippen molar-refractivity contribution in [3.8, 4) is 0 Å².